The second-order valence-electron chi connectivity index (χ2n) is 5.70. The molecule has 134 valence electrons. The summed E-state index contributed by atoms with van der Waals surface area (Å²) in [5, 5.41) is 7.05. The first kappa shape index (κ1) is 17.9. The number of aromatic nitrogens is 1. The van der Waals surface area contributed by atoms with Crippen molar-refractivity contribution in [1.29, 1.82) is 0 Å². The molecule has 2 aromatic carbocycles. The van der Waals surface area contributed by atoms with E-state index in [-0.39, 0.29) is 18.1 Å². The van der Waals surface area contributed by atoms with Crippen molar-refractivity contribution >= 4 is 23.2 Å². The average Bonchev–Trinajstić information content (AvgIpc) is 2.98. The van der Waals surface area contributed by atoms with Gasteiger partial charge in [0.1, 0.15) is 12.4 Å². The highest BCUT2D eigenvalue weighted by Crippen LogP contribution is 2.23. The predicted octanol–water partition coefficient (Wildman–Crippen LogP) is 4.92. The summed E-state index contributed by atoms with van der Waals surface area (Å²) >= 11 is 6.07. The average molecular weight is 375 g/mol. The second-order valence-corrected chi connectivity index (χ2v) is 6.11. The molecule has 0 saturated heterocycles. The number of rotatable bonds is 5. The summed E-state index contributed by atoms with van der Waals surface area (Å²) in [6, 6.07) is 11.2. The van der Waals surface area contributed by atoms with Gasteiger partial charge in [0, 0.05) is 10.7 Å². The third kappa shape index (κ3) is 3.86. The fraction of sp³-hybridized carbons (Fsp3) is 0.158. The van der Waals surface area contributed by atoms with Crippen molar-refractivity contribution in [3.05, 3.63) is 75.9 Å². The molecule has 1 heterocycles. The number of carbonyl (C=O) groups excluding carboxylic acids is 1. The van der Waals surface area contributed by atoms with E-state index in [1.165, 1.54) is 12.1 Å². The van der Waals surface area contributed by atoms with E-state index < -0.39 is 11.7 Å². The largest absolute Gasteiger partial charge is 0.486 e. The monoisotopic (exact) mass is 374 g/mol. The SMILES string of the molecule is Cc1ccc(NC(=O)c2noc(C)c2COc2ccccc2F)cc1Cl. The van der Waals surface area contributed by atoms with Gasteiger partial charge in [-0.25, -0.2) is 4.39 Å². The van der Waals surface area contributed by atoms with Gasteiger partial charge in [0.2, 0.25) is 0 Å². The Balaban J connectivity index is 1.77. The maximum atomic E-state index is 13.7. The molecule has 0 aliphatic rings. The van der Waals surface area contributed by atoms with Gasteiger partial charge in [-0.1, -0.05) is 35.0 Å². The van der Waals surface area contributed by atoms with E-state index in [1.54, 1.807) is 37.3 Å². The zero-order valence-electron chi connectivity index (χ0n) is 14.2. The number of anilines is 1. The fourth-order valence-electron chi connectivity index (χ4n) is 2.31. The number of amides is 1. The van der Waals surface area contributed by atoms with Crippen molar-refractivity contribution in [3.8, 4) is 5.75 Å². The number of benzene rings is 2. The number of nitrogens with one attached hydrogen (secondary N) is 1. The molecule has 0 spiro atoms. The lowest BCUT2D eigenvalue weighted by molar-refractivity contribution is 0.101. The van der Waals surface area contributed by atoms with Gasteiger partial charge < -0.3 is 14.6 Å². The third-order valence-corrected chi connectivity index (χ3v) is 4.25. The van der Waals surface area contributed by atoms with E-state index in [1.807, 2.05) is 6.92 Å². The minimum Gasteiger partial charge on any atom is -0.486 e. The van der Waals surface area contributed by atoms with Gasteiger partial charge in [-0.3, -0.25) is 4.79 Å². The van der Waals surface area contributed by atoms with Gasteiger partial charge in [0.15, 0.2) is 17.3 Å². The maximum absolute atomic E-state index is 13.7. The molecule has 0 saturated carbocycles. The lowest BCUT2D eigenvalue weighted by Gasteiger charge is -2.08. The number of nitrogens with zero attached hydrogens (tertiary/aromatic N) is 1. The van der Waals surface area contributed by atoms with Crippen LogP contribution < -0.4 is 10.1 Å². The van der Waals surface area contributed by atoms with Crippen LogP contribution in [0, 0.1) is 19.7 Å². The summed E-state index contributed by atoms with van der Waals surface area (Å²) in [6.07, 6.45) is 0. The number of hydrogen-bond donors (Lipinski definition) is 1. The van der Waals surface area contributed by atoms with Crippen molar-refractivity contribution < 1.29 is 18.4 Å². The first-order valence-electron chi connectivity index (χ1n) is 7.85. The summed E-state index contributed by atoms with van der Waals surface area (Å²) in [5.74, 6) is -0.436. The van der Waals surface area contributed by atoms with Crippen LogP contribution in [0.2, 0.25) is 5.02 Å². The summed E-state index contributed by atoms with van der Waals surface area (Å²) in [6.45, 7) is 3.48. The predicted molar refractivity (Wildman–Crippen MR) is 96.1 cm³/mol. The van der Waals surface area contributed by atoms with Crippen LogP contribution in [0.1, 0.15) is 27.4 Å². The molecule has 0 atom stereocenters. The van der Waals surface area contributed by atoms with Crippen molar-refractivity contribution in [2.45, 2.75) is 20.5 Å². The number of hydrogen-bond acceptors (Lipinski definition) is 4. The van der Waals surface area contributed by atoms with Crippen molar-refractivity contribution in [2.24, 2.45) is 0 Å². The second kappa shape index (κ2) is 7.58. The van der Waals surface area contributed by atoms with Crippen LogP contribution >= 0.6 is 11.6 Å². The van der Waals surface area contributed by atoms with E-state index >= 15 is 0 Å². The van der Waals surface area contributed by atoms with Crippen molar-refractivity contribution in [3.63, 3.8) is 0 Å². The van der Waals surface area contributed by atoms with E-state index in [0.29, 0.717) is 22.0 Å². The zero-order chi connectivity index (χ0) is 18.7. The molecule has 26 heavy (non-hydrogen) atoms. The molecule has 0 radical (unpaired) electrons. The number of aryl methyl sites for hydroxylation is 2. The number of ether oxygens (including phenoxy) is 1. The quantitative estimate of drug-likeness (QED) is 0.688. The first-order valence-corrected chi connectivity index (χ1v) is 8.23. The third-order valence-electron chi connectivity index (χ3n) is 3.84. The Hall–Kier alpha value is -2.86. The summed E-state index contributed by atoms with van der Waals surface area (Å²) in [4.78, 5) is 12.5. The van der Waals surface area contributed by atoms with Crippen LogP contribution in [0.3, 0.4) is 0 Å². The van der Waals surface area contributed by atoms with E-state index in [9.17, 15) is 9.18 Å². The minimum absolute atomic E-state index is 0.0479. The Morgan fingerprint density at radius 1 is 1.27 bits per heavy atom. The molecule has 0 fully saturated rings. The number of halogens is 2. The van der Waals surface area contributed by atoms with Gasteiger partial charge >= 0.3 is 0 Å². The molecule has 3 rings (SSSR count). The van der Waals surface area contributed by atoms with Crippen LogP contribution in [0.5, 0.6) is 5.75 Å². The van der Waals surface area contributed by atoms with Crippen LogP contribution in [-0.4, -0.2) is 11.1 Å². The molecule has 0 unspecified atom stereocenters. The van der Waals surface area contributed by atoms with Gasteiger partial charge in [0.05, 0.1) is 5.56 Å². The fourth-order valence-corrected chi connectivity index (χ4v) is 2.49. The van der Waals surface area contributed by atoms with Crippen LogP contribution in [0.15, 0.2) is 47.0 Å². The lowest BCUT2D eigenvalue weighted by Crippen LogP contribution is -2.15. The molecule has 0 aliphatic heterocycles. The molecule has 1 amide bonds. The molecule has 3 aromatic rings. The normalized spacial score (nSPS) is 10.6. The van der Waals surface area contributed by atoms with Crippen LogP contribution in [0.25, 0.3) is 0 Å². The molecular formula is C19H16ClFN2O3. The Morgan fingerprint density at radius 2 is 2.04 bits per heavy atom. The highest BCUT2D eigenvalue weighted by atomic mass is 35.5. The van der Waals surface area contributed by atoms with E-state index in [4.69, 9.17) is 20.9 Å². The molecule has 0 bridgehead atoms. The van der Waals surface area contributed by atoms with Crippen molar-refractivity contribution in [2.75, 3.05) is 5.32 Å². The van der Waals surface area contributed by atoms with Crippen LogP contribution in [-0.2, 0) is 6.61 Å². The Kier molecular flexibility index (Phi) is 5.23. The zero-order valence-corrected chi connectivity index (χ0v) is 14.9. The summed E-state index contributed by atoms with van der Waals surface area (Å²) in [5.41, 5.74) is 1.97. The lowest BCUT2D eigenvalue weighted by atomic mass is 10.2. The van der Waals surface area contributed by atoms with Crippen molar-refractivity contribution in [1.82, 2.24) is 5.16 Å². The van der Waals surface area contributed by atoms with Gasteiger partial charge in [-0.05, 0) is 43.7 Å². The van der Waals surface area contributed by atoms with Gasteiger partial charge in [0.25, 0.3) is 5.91 Å². The van der Waals surface area contributed by atoms with Crippen LogP contribution in [0.4, 0.5) is 10.1 Å². The summed E-state index contributed by atoms with van der Waals surface area (Å²) in [7, 11) is 0. The standard InChI is InChI=1S/C19H16ClFN2O3/c1-11-7-8-13(9-15(11)20)22-19(24)18-14(12(2)26-23-18)10-25-17-6-4-3-5-16(17)21/h3-9H,10H2,1-2H3,(H,22,24). The maximum Gasteiger partial charge on any atom is 0.278 e. The van der Waals surface area contributed by atoms with Gasteiger partial charge in [-0.15, -0.1) is 0 Å². The first-order chi connectivity index (χ1) is 12.5. The topological polar surface area (TPSA) is 64.4 Å². The molecular weight excluding hydrogens is 359 g/mol. The Labute approximate surface area is 154 Å². The number of para-hydroxylation sites is 1. The van der Waals surface area contributed by atoms with E-state index in [2.05, 4.69) is 10.5 Å². The highest BCUT2D eigenvalue weighted by molar-refractivity contribution is 6.31. The highest BCUT2D eigenvalue weighted by Gasteiger charge is 2.21. The minimum atomic E-state index is -0.484. The number of carbonyl (C=O) groups is 1. The van der Waals surface area contributed by atoms with E-state index in [0.717, 1.165) is 5.56 Å². The molecule has 0 aliphatic carbocycles. The molecule has 1 aromatic heterocycles. The summed E-state index contributed by atoms with van der Waals surface area (Å²) < 4.78 is 24.2. The smallest absolute Gasteiger partial charge is 0.278 e. The molecule has 7 heteroatoms. The Bertz CT molecular complexity index is 956. The van der Waals surface area contributed by atoms with Gasteiger partial charge in [-0.2, -0.15) is 0 Å². The molecule has 1 N–H and O–H groups in total. The Morgan fingerprint density at radius 3 is 2.77 bits per heavy atom. The molecule has 5 nitrogen and oxygen atoms in total.